The Hall–Kier alpha value is -4.15. The van der Waals surface area contributed by atoms with Crippen LogP contribution in [-0.4, -0.2) is 66.0 Å². The van der Waals surface area contributed by atoms with Gasteiger partial charge >= 0.3 is 6.09 Å². The summed E-state index contributed by atoms with van der Waals surface area (Å²) in [5.74, 6) is -1.06. The molecule has 3 aliphatic rings. The fourth-order valence-corrected chi connectivity index (χ4v) is 5.00. The molecule has 2 N–H and O–H groups in total. The highest BCUT2D eigenvalue weighted by Crippen LogP contribution is 2.32. The summed E-state index contributed by atoms with van der Waals surface area (Å²) >= 11 is 0. The van der Waals surface area contributed by atoms with Gasteiger partial charge in [0.2, 0.25) is 11.8 Å². The van der Waals surface area contributed by atoms with E-state index in [0.29, 0.717) is 35.7 Å². The van der Waals surface area contributed by atoms with Gasteiger partial charge in [-0.25, -0.2) is 9.18 Å². The molecule has 0 aromatic heterocycles. The van der Waals surface area contributed by atoms with E-state index in [-0.39, 0.29) is 57.1 Å². The van der Waals surface area contributed by atoms with E-state index in [0.717, 1.165) is 18.4 Å². The van der Waals surface area contributed by atoms with Gasteiger partial charge in [0.25, 0.3) is 5.91 Å². The summed E-state index contributed by atoms with van der Waals surface area (Å²) in [6, 6.07) is 8.92. The SMILES string of the molecule is O=C1CC[C@@H](N2Cc3c(NCc4cc(OCCOC(=O)N5CCCC5)ccc4F)cccc3C2=O)C(=O)N1. The molecule has 10 nitrogen and oxygen atoms in total. The monoisotopic (exact) mass is 524 g/mol. The van der Waals surface area contributed by atoms with Gasteiger partial charge in [0.05, 0.1) is 0 Å². The van der Waals surface area contributed by atoms with Crippen molar-refractivity contribution >= 4 is 29.5 Å². The van der Waals surface area contributed by atoms with Crippen molar-refractivity contribution in [2.75, 3.05) is 31.6 Å². The lowest BCUT2D eigenvalue weighted by molar-refractivity contribution is -0.136. The summed E-state index contributed by atoms with van der Waals surface area (Å²) < 4.78 is 25.4. The summed E-state index contributed by atoms with van der Waals surface area (Å²) in [6.45, 7) is 2.00. The van der Waals surface area contributed by atoms with Crippen LogP contribution in [0.2, 0.25) is 0 Å². The highest BCUT2D eigenvalue weighted by molar-refractivity contribution is 6.06. The number of carbonyl (C=O) groups excluding carboxylic acids is 4. The molecule has 2 fully saturated rings. The van der Waals surface area contributed by atoms with Gasteiger partial charge < -0.3 is 24.6 Å². The van der Waals surface area contributed by atoms with Crippen LogP contribution in [0.1, 0.15) is 47.2 Å². The third kappa shape index (κ3) is 5.41. The molecule has 0 bridgehead atoms. The highest BCUT2D eigenvalue weighted by atomic mass is 19.1. The zero-order valence-corrected chi connectivity index (χ0v) is 20.8. The number of hydrogen-bond donors (Lipinski definition) is 2. The maximum Gasteiger partial charge on any atom is 0.409 e. The van der Waals surface area contributed by atoms with E-state index < -0.39 is 17.8 Å². The van der Waals surface area contributed by atoms with Gasteiger partial charge in [-0.15, -0.1) is 0 Å². The number of piperidine rings is 1. The summed E-state index contributed by atoms with van der Waals surface area (Å²) in [7, 11) is 0. The van der Waals surface area contributed by atoms with Crippen molar-refractivity contribution in [1.82, 2.24) is 15.1 Å². The van der Waals surface area contributed by atoms with Crippen LogP contribution in [0.25, 0.3) is 0 Å². The number of halogens is 1. The Labute approximate surface area is 219 Å². The minimum Gasteiger partial charge on any atom is -0.490 e. The highest BCUT2D eigenvalue weighted by Gasteiger charge is 2.39. The molecular formula is C27H29FN4O6. The number of nitrogens with zero attached hydrogens (tertiary/aromatic N) is 2. The normalized spacial score (nSPS) is 18.9. The van der Waals surface area contributed by atoms with Crippen LogP contribution in [-0.2, 0) is 27.4 Å². The van der Waals surface area contributed by atoms with Crippen molar-refractivity contribution < 1.29 is 33.0 Å². The molecule has 1 atom stereocenters. The zero-order chi connectivity index (χ0) is 26.6. The van der Waals surface area contributed by atoms with E-state index in [9.17, 15) is 23.6 Å². The van der Waals surface area contributed by atoms with Gasteiger partial charge in [-0.1, -0.05) is 6.07 Å². The van der Waals surface area contributed by atoms with E-state index in [1.165, 1.54) is 17.0 Å². The van der Waals surface area contributed by atoms with Crippen molar-refractivity contribution in [2.45, 2.75) is 44.8 Å². The Balaban J connectivity index is 1.18. The molecule has 3 aliphatic heterocycles. The maximum atomic E-state index is 14.6. The molecule has 38 heavy (non-hydrogen) atoms. The Morgan fingerprint density at radius 1 is 1.11 bits per heavy atom. The van der Waals surface area contributed by atoms with Crippen LogP contribution < -0.4 is 15.4 Å². The number of carbonyl (C=O) groups is 4. The molecular weight excluding hydrogens is 495 g/mol. The fourth-order valence-electron chi connectivity index (χ4n) is 5.00. The van der Waals surface area contributed by atoms with Crippen molar-refractivity contribution in [3.05, 3.63) is 58.9 Å². The van der Waals surface area contributed by atoms with Crippen LogP contribution in [0.15, 0.2) is 36.4 Å². The maximum absolute atomic E-state index is 14.6. The third-order valence-corrected chi connectivity index (χ3v) is 7.01. The lowest BCUT2D eigenvalue weighted by atomic mass is 10.0. The quantitative estimate of drug-likeness (QED) is 0.403. The molecule has 4 amide bonds. The van der Waals surface area contributed by atoms with Gasteiger partial charge in [0.1, 0.15) is 30.8 Å². The standard InChI is InChI=1S/C27H29FN4O6/c28-21-7-6-18(37-12-13-38-27(36)31-10-1-2-11-31)14-17(21)15-29-22-5-3-4-19-20(22)16-32(26(19)35)23-8-9-24(33)30-25(23)34/h3-7,14,23,29H,1-2,8-13,15-16H2,(H,30,33,34)/t23-/m1/s1. The number of amides is 4. The van der Waals surface area contributed by atoms with E-state index in [1.54, 1.807) is 29.2 Å². The van der Waals surface area contributed by atoms with Crippen molar-refractivity contribution in [1.29, 1.82) is 0 Å². The molecule has 0 spiro atoms. The third-order valence-electron chi connectivity index (χ3n) is 7.01. The number of rotatable bonds is 8. The first-order valence-electron chi connectivity index (χ1n) is 12.7. The molecule has 0 aliphatic carbocycles. The molecule has 0 radical (unpaired) electrons. The van der Waals surface area contributed by atoms with Gasteiger partial charge in [-0.2, -0.15) is 0 Å². The van der Waals surface area contributed by atoms with E-state index in [2.05, 4.69) is 10.6 Å². The molecule has 2 aromatic rings. The van der Waals surface area contributed by atoms with Crippen LogP contribution >= 0.6 is 0 Å². The average Bonchev–Trinajstić information content (AvgIpc) is 3.56. The van der Waals surface area contributed by atoms with Gasteiger partial charge in [0.15, 0.2) is 0 Å². The van der Waals surface area contributed by atoms with Crippen molar-refractivity contribution in [3.63, 3.8) is 0 Å². The van der Waals surface area contributed by atoms with Crippen LogP contribution in [0, 0.1) is 5.82 Å². The summed E-state index contributed by atoms with van der Waals surface area (Å²) in [4.78, 5) is 51.9. The Kier molecular flexibility index (Phi) is 7.43. The average molecular weight is 525 g/mol. The van der Waals surface area contributed by atoms with Crippen LogP contribution in [0.3, 0.4) is 0 Å². The molecule has 0 saturated carbocycles. The second-order valence-corrected chi connectivity index (χ2v) is 9.50. The van der Waals surface area contributed by atoms with Gasteiger partial charge in [0, 0.05) is 55.0 Å². The molecule has 3 heterocycles. The minimum atomic E-state index is -0.707. The van der Waals surface area contributed by atoms with E-state index >= 15 is 0 Å². The fraction of sp³-hybridized carbons (Fsp3) is 0.407. The van der Waals surface area contributed by atoms with E-state index in [4.69, 9.17) is 9.47 Å². The summed E-state index contributed by atoms with van der Waals surface area (Å²) in [5, 5.41) is 5.50. The number of likely N-dealkylation sites (tertiary alicyclic amines) is 1. The second-order valence-electron chi connectivity index (χ2n) is 9.50. The Morgan fingerprint density at radius 3 is 2.71 bits per heavy atom. The summed E-state index contributed by atoms with van der Waals surface area (Å²) in [6.07, 6.45) is 2.08. The summed E-state index contributed by atoms with van der Waals surface area (Å²) in [5.41, 5.74) is 2.21. The predicted octanol–water partition coefficient (Wildman–Crippen LogP) is 2.81. The first kappa shape index (κ1) is 25.5. The molecule has 200 valence electrons. The Bertz CT molecular complexity index is 1260. The topological polar surface area (TPSA) is 117 Å². The molecule has 11 heteroatoms. The Morgan fingerprint density at radius 2 is 1.92 bits per heavy atom. The largest absolute Gasteiger partial charge is 0.490 e. The van der Waals surface area contributed by atoms with Crippen LogP contribution in [0.5, 0.6) is 5.75 Å². The number of anilines is 1. The lowest BCUT2D eigenvalue weighted by Gasteiger charge is -2.29. The molecule has 2 aromatic carbocycles. The molecule has 5 rings (SSSR count). The number of nitrogens with one attached hydrogen (secondary N) is 2. The molecule has 2 saturated heterocycles. The van der Waals surface area contributed by atoms with Crippen LogP contribution in [0.4, 0.5) is 14.9 Å². The van der Waals surface area contributed by atoms with Gasteiger partial charge in [-0.05, 0) is 49.6 Å². The number of benzene rings is 2. The van der Waals surface area contributed by atoms with Gasteiger partial charge in [-0.3, -0.25) is 19.7 Å². The van der Waals surface area contributed by atoms with E-state index in [1.807, 2.05) is 0 Å². The number of hydrogen-bond acceptors (Lipinski definition) is 7. The zero-order valence-electron chi connectivity index (χ0n) is 20.8. The van der Waals surface area contributed by atoms with Crippen molar-refractivity contribution in [2.24, 2.45) is 0 Å². The second kappa shape index (κ2) is 11.1. The number of imide groups is 1. The van der Waals surface area contributed by atoms with Crippen molar-refractivity contribution in [3.8, 4) is 5.75 Å². The smallest absolute Gasteiger partial charge is 0.409 e. The number of fused-ring (bicyclic) bond motifs is 1. The minimum absolute atomic E-state index is 0.0914. The first-order valence-corrected chi connectivity index (χ1v) is 12.7. The molecule has 0 unspecified atom stereocenters. The predicted molar refractivity (Wildman–Crippen MR) is 134 cm³/mol. The lowest BCUT2D eigenvalue weighted by Crippen LogP contribution is -2.52. The first-order chi connectivity index (χ1) is 18.4. The number of ether oxygens (including phenoxy) is 2.